The van der Waals surface area contributed by atoms with Gasteiger partial charge in [-0.3, -0.25) is 9.80 Å². The van der Waals surface area contributed by atoms with Crippen molar-refractivity contribution in [2.24, 2.45) is 0 Å². The highest BCUT2D eigenvalue weighted by Gasteiger charge is 2.32. The fraction of sp³-hybridized carbons (Fsp3) is 1.00. The van der Waals surface area contributed by atoms with Crippen LogP contribution in [0, 0.1) is 0 Å². The first kappa shape index (κ1) is 11.4. The molecule has 1 heterocycles. The zero-order chi connectivity index (χ0) is 10.8. The van der Waals surface area contributed by atoms with Gasteiger partial charge in [-0.1, -0.05) is 0 Å². The van der Waals surface area contributed by atoms with Gasteiger partial charge in [-0.25, -0.2) is 0 Å². The Morgan fingerprint density at radius 3 is 2.20 bits per heavy atom. The van der Waals surface area contributed by atoms with Crippen LogP contribution in [0.25, 0.3) is 0 Å². The van der Waals surface area contributed by atoms with E-state index < -0.39 is 0 Å². The van der Waals surface area contributed by atoms with Crippen molar-refractivity contribution in [1.82, 2.24) is 9.80 Å². The third kappa shape index (κ3) is 2.52. The Morgan fingerprint density at radius 1 is 1.07 bits per heavy atom. The molecule has 2 aliphatic rings. The van der Waals surface area contributed by atoms with Crippen LogP contribution < -0.4 is 0 Å². The van der Waals surface area contributed by atoms with Gasteiger partial charge < -0.3 is 5.11 Å². The van der Waals surface area contributed by atoms with Crippen molar-refractivity contribution in [2.75, 3.05) is 26.2 Å². The Kier molecular flexibility index (Phi) is 3.65. The number of hydrogen-bond acceptors (Lipinski definition) is 3. The summed E-state index contributed by atoms with van der Waals surface area (Å²) in [5.41, 5.74) is 0. The highest BCUT2D eigenvalue weighted by molar-refractivity contribution is 4.88. The van der Waals surface area contributed by atoms with E-state index in [4.69, 9.17) is 0 Å². The summed E-state index contributed by atoms with van der Waals surface area (Å²) >= 11 is 0. The van der Waals surface area contributed by atoms with E-state index in [0.717, 1.165) is 19.5 Å². The van der Waals surface area contributed by atoms with Crippen molar-refractivity contribution in [2.45, 2.75) is 51.3 Å². The van der Waals surface area contributed by atoms with E-state index in [0.29, 0.717) is 12.1 Å². The first-order chi connectivity index (χ1) is 7.18. The van der Waals surface area contributed by atoms with Crippen LogP contribution in [0.2, 0.25) is 0 Å². The first-order valence-electron chi connectivity index (χ1n) is 6.34. The molecule has 0 radical (unpaired) electrons. The number of piperazine rings is 1. The molecule has 88 valence electrons. The molecule has 0 spiro atoms. The van der Waals surface area contributed by atoms with Crippen molar-refractivity contribution in [3.05, 3.63) is 0 Å². The topological polar surface area (TPSA) is 26.7 Å². The minimum absolute atomic E-state index is 0.0596. The maximum Gasteiger partial charge on any atom is 0.0695 e. The Morgan fingerprint density at radius 2 is 1.73 bits per heavy atom. The molecule has 1 saturated carbocycles. The molecule has 1 N–H and O–H groups in total. The number of hydrogen-bond donors (Lipinski definition) is 1. The van der Waals surface area contributed by atoms with Crippen LogP contribution in [0.3, 0.4) is 0 Å². The first-order valence-corrected chi connectivity index (χ1v) is 6.34. The predicted octanol–water partition coefficient (Wildman–Crippen LogP) is 0.926. The average Bonchev–Trinajstić information content (AvgIpc) is 2.65. The number of nitrogens with zero attached hydrogens (tertiary/aromatic N) is 2. The number of aliphatic hydroxyl groups is 1. The molecule has 1 unspecified atom stereocenters. The minimum atomic E-state index is -0.0596. The lowest BCUT2D eigenvalue weighted by Crippen LogP contribution is -2.53. The zero-order valence-corrected chi connectivity index (χ0v) is 10.0. The van der Waals surface area contributed by atoms with Gasteiger partial charge in [0.1, 0.15) is 0 Å². The highest BCUT2D eigenvalue weighted by atomic mass is 16.3. The molecule has 1 aliphatic heterocycles. The summed E-state index contributed by atoms with van der Waals surface area (Å²) in [5, 5.41) is 9.86. The van der Waals surface area contributed by atoms with Crippen molar-refractivity contribution in [3.63, 3.8) is 0 Å². The van der Waals surface area contributed by atoms with Crippen LogP contribution in [0.5, 0.6) is 0 Å². The van der Waals surface area contributed by atoms with E-state index in [2.05, 4.69) is 23.6 Å². The summed E-state index contributed by atoms with van der Waals surface area (Å²) in [5.74, 6) is 0. The largest absolute Gasteiger partial charge is 0.391 e. The molecule has 0 aromatic rings. The van der Waals surface area contributed by atoms with Gasteiger partial charge in [0.2, 0.25) is 0 Å². The molecule has 3 heteroatoms. The summed E-state index contributed by atoms with van der Waals surface area (Å²) < 4.78 is 0. The van der Waals surface area contributed by atoms with Crippen LogP contribution in [-0.2, 0) is 0 Å². The normalized spacial score (nSPS) is 35.2. The lowest BCUT2D eigenvalue weighted by Gasteiger charge is -2.40. The Bertz CT molecular complexity index is 200. The van der Waals surface area contributed by atoms with Gasteiger partial charge in [0.25, 0.3) is 0 Å². The maximum atomic E-state index is 9.86. The number of rotatable bonds is 2. The predicted molar refractivity (Wildman–Crippen MR) is 61.9 cm³/mol. The third-order valence-corrected chi connectivity index (χ3v) is 3.99. The van der Waals surface area contributed by atoms with E-state index in [1.54, 1.807) is 0 Å². The molecule has 2 fully saturated rings. The molecule has 1 saturated heterocycles. The van der Waals surface area contributed by atoms with E-state index >= 15 is 0 Å². The summed E-state index contributed by atoms with van der Waals surface area (Å²) in [7, 11) is 0. The van der Waals surface area contributed by atoms with Crippen LogP contribution in [0.1, 0.15) is 33.1 Å². The maximum absolute atomic E-state index is 9.86. The second kappa shape index (κ2) is 4.81. The quantitative estimate of drug-likeness (QED) is 0.737. The standard InChI is InChI=1S/C12H24N2O/c1-10(2)13-6-8-14(9-7-13)11-4-3-5-12(11)15/h10-12,15H,3-9H2,1-2H3/t11?,12-/m0/s1. The molecule has 2 atom stereocenters. The monoisotopic (exact) mass is 212 g/mol. The van der Waals surface area contributed by atoms with Crippen molar-refractivity contribution in [1.29, 1.82) is 0 Å². The van der Waals surface area contributed by atoms with E-state index in [9.17, 15) is 5.11 Å². The highest BCUT2D eigenvalue weighted by Crippen LogP contribution is 2.25. The van der Waals surface area contributed by atoms with Crippen LogP contribution in [-0.4, -0.2) is 59.3 Å². The average molecular weight is 212 g/mol. The molecule has 0 aromatic carbocycles. The fourth-order valence-electron chi connectivity index (χ4n) is 2.93. The Hall–Kier alpha value is -0.120. The molecule has 15 heavy (non-hydrogen) atoms. The molecule has 1 aliphatic carbocycles. The second-order valence-electron chi connectivity index (χ2n) is 5.23. The number of aliphatic hydroxyl groups excluding tert-OH is 1. The van der Waals surface area contributed by atoms with Gasteiger partial charge in [0.15, 0.2) is 0 Å². The van der Waals surface area contributed by atoms with E-state index in [-0.39, 0.29) is 6.10 Å². The van der Waals surface area contributed by atoms with E-state index in [1.165, 1.54) is 25.9 Å². The summed E-state index contributed by atoms with van der Waals surface area (Å²) in [4.78, 5) is 5.02. The van der Waals surface area contributed by atoms with Gasteiger partial charge in [-0.2, -0.15) is 0 Å². The fourth-order valence-corrected chi connectivity index (χ4v) is 2.93. The van der Waals surface area contributed by atoms with Gasteiger partial charge in [0.05, 0.1) is 6.10 Å². The van der Waals surface area contributed by atoms with Gasteiger partial charge in [-0.15, -0.1) is 0 Å². The SMILES string of the molecule is CC(C)N1CCN(C2CCC[C@@H]2O)CC1. The summed E-state index contributed by atoms with van der Waals surface area (Å²) in [6.07, 6.45) is 3.35. The van der Waals surface area contributed by atoms with Crippen LogP contribution in [0.15, 0.2) is 0 Å². The van der Waals surface area contributed by atoms with E-state index in [1.807, 2.05) is 0 Å². The molecule has 0 aromatic heterocycles. The lowest BCUT2D eigenvalue weighted by molar-refractivity contribution is 0.0278. The zero-order valence-electron chi connectivity index (χ0n) is 10.0. The van der Waals surface area contributed by atoms with Crippen LogP contribution >= 0.6 is 0 Å². The Labute approximate surface area is 93.1 Å². The van der Waals surface area contributed by atoms with Crippen molar-refractivity contribution in [3.8, 4) is 0 Å². The molecule has 2 rings (SSSR count). The van der Waals surface area contributed by atoms with Gasteiger partial charge >= 0.3 is 0 Å². The minimum Gasteiger partial charge on any atom is -0.391 e. The van der Waals surface area contributed by atoms with Crippen LogP contribution in [0.4, 0.5) is 0 Å². The molecule has 3 nitrogen and oxygen atoms in total. The van der Waals surface area contributed by atoms with Gasteiger partial charge in [0, 0.05) is 38.3 Å². The summed E-state index contributed by atoms with van der Waals surface area (Å²) in [6.45, 7) is 9.14. The van der Waals surface area contributed by atoms with Crippen molar-refractivity contribution < 1.29 is 5.11 Å². The third-order valence-electron chi connectivity index (χ3n) is 3.99. The molecule has 0 amide bonds. The van der Waals surface area contributed by atoms with Gasteiger partial charge in [-0.05, 0) is 33.1 Å². The van der Waals surface area contributed by atoms with Crippen molar-refractivity contribution >= 4 is 0 Å². The molecular formula is C12H24N2O. The molecular weight excluding hydrogens is 188 g/mol. The molecule has 0 bridgehead atoms. The smallest absolute Gasteiger partial charge is 0.0695 e. The summed E-state index contributed by atoms with van der Waals surface area (Å²) in [6, 6.07) is 1.12. The lowest BCUT2D eigenvalue weighted by atomic mass is 10.1. The second-order valence-corrected chi connectivity index (χ2v) is 5.23. The Balaban J connectivity index is 1.82.